The zero-order valence-electron chi connectivity index (χ0n) is 21.4. The maximum absolute atomic E-state index is 12.9. The number of nitrogens with zero attached hydrogens (tertiary/aromatic N) is 5. The fourth-order valence-corrected chi connectivity index (χ4v) is 4.67. The third-order valence-electron chi connectivity index (χ3n) is 6.39. The molecule has 3 aromatic carbocycles. The van der Waals surface area contributed by atoms with E-state index in [1.807, 2.05) is 77.4 Å². The van der Waals surface area contributed by atoms with E-state index in [9.17, 15) is 9.90 Å². The maximum atomic E-state index is 12.9. The van der Waals surface area contributed by atoms with E-state index in [0.29, 0.717) is 23.8 Å². The lowest BCUT2D eigenvalue weighted by Gasteiger charge is -2.16. The molecule has 9 nitrogen and oxygen atoms in total. The SMILES string of the molecule is CCCc1nc(C(C)O)c(C(=O)OC)n1-c1ccccc1-c1ccc(-c2ccccc2-c2nn[nH]n2)cc1. The molecule has 192 valence electrons. The third-order valence-corrected chi connectivity index (χ3v) is 6.39. The van der Waals surface area contributed by atoms with Crippen molar-refractivity contribution >= 4 is 5.97 Å². The monoisotopic (exact) mass is 508 g/mol. The normalized spacial score (nSPS) is 11.9. The zero-order chi connectivity index (χ0) is 26.6. The second kappa shape index (κ2) is 10.8. The topological polar surface area (TPSA) is 119 Å². The van der Waals surface area contributed by atoms with Crippen LogP contribution in [0.4, 0.5) is 0 Å². The standard InChI is InChI=1S/C29H28N6O3/c1-4-9-25-30-26(18(2)36)27(29(37)38-3)35(25)24-13-8-7-11-22(24)20-16-14-19(15-17-20)21-10-5-6-12-23(21)28-31-33-34-32-28/h5-8,10-18,36H,4,9H2,1-3H3,(H,31,32,33,34). The van der Waals surface area contributed by atoms with Gasteiger partial charge in [0.15, 0.2) is 5.69 Å². The van der Waals surface area contributed by atoms with Crippen molar-refractivity contribution in [3.05, 3.63) is 90.0 Å². The number of tetrazole rings is 1. The van der Waals surface area contributed by atoms with Gasteiger partial charge in [-0.1, -0.05) is 73.7 Å². The second-order valence-corrected chi connectivity index (χ2v) is 8.89. The molecule has 9 heteroatoms. The number of carbonyl (C=O) groups excluding carboxylic acids is 1. The van der Waals surface area contributed by atoms with Crippen molar-refractivity contribution in [1.29, 1.82) is 0 Å². The minimum Gasteiger partial charge on any atom is -0.464 e. The molecule has 0 aliphatic heterocycles. The van der Waals surface area contributed by atoms with Gasteiger partial charge in [-0.3, -0.25) is 4.57 Å². The van der Waals surface area contributed by atoms with Crippen molar-refractivity contribution in [1.82, 2.24) is 30.2 Å². The first kappa shape index (κ1) is 25.0. The Morgan fingerprint density at radius 3 is 2.21 bits per heavy atom. The number of benzene rings is 3. The summed E-state index contributed by atoms with van der Waals surface area (Å²) in [4.78, 5) is 17.6. The number of H-pyrrole nitrogens is 1. The summed E-state index contributed by atoms with van der Waals surface area (Å²) in [6, 6.07) is 23.9. The molecule has 1 unspecified atom stereocenters. The smallest absolute Gasteiger partial charge is 0.357 e. The van der Waals surface area contributed by atoms with E-state index in [1.165, 1.54) is 7.11 Å². The number of para-hydroxylation sites is 1. The number of aromatic amines is 1. The minimum absolute atomic E-state index is 0.240. The summed E-state index contributed by atoms with van der Waals surface area (Å²) in [6.45, 7) is 3.65. The largest absolute Gasteiger partial charge is 0.464 e. The van der Waals surface area contributed by atoms with Gasteiger partial charge in [-0.05, 0) is 41.3 Å². The van der Waals surface area contributed by atoms with Gasteiger partial charge in [0.2, 0.25) is 5.82 Å². The molecule has 0 saturated carbocycles. The highest BCUT2D eigenvalue weighted by Gasteiger charge is 2.28. The Balaban J connectivity index is 1.63. The van der Waals surface area contributed by atoms with Crippen LogP contribution in [0.15, 0.2) is 72.8 Å². The van der Waals surface area contributed by atoms with Crippen LogP contribution in [-0.2, 0) is 11.2 Å². The first-order valence-electron chi connectivity index (χ1n) is 12.4. The number of rotatable bonds is 8. The number of imidazole rings is 1. The van der Waals surface area contributed by atoms with Gasteiger partial charge in [-0.2, -0.15) is 5.21 Å². The van der Waals surface area contributed by atoms with Crippen LogP contribution in [0.1, 0.15) is 48.4 Å². The summed E-state index contributed by atoms with van der Waals surface area (Å²) in [5.41, 5.74) is 6.10. The van der Waals surface area contributed by atoms with Gasteiger partial charge in [0.05, 0.1) is 18.9 Å². The van der Waals surface area contributed by atoms with E-state index >= 15 is 0 Å². The molecule has 0 spiro atoms. The molecule has 0 aliphatic carbocycles. The van der Waals surface area contributed by atoms with Crippen molar-refractivity contribution in [2.45, 2.75) is 32.8 Å². The lowest BCUT2D eigenvalue weighted by Crippen LogP contribution is -2.14. The molecule has 2 aromatic heterocycles. The van der Waals surface area contributed by atoms with Gasteiger partial charge >= 0.3 is 5.97 Å². The van der Waals surface area contributed by atoms with Crippen LogP contribution < -0.4 is 0 Å². The van der Waals surface area contributed by atoms with Gasteiger partial charge in [0.1, 0.15) is 11.5 Å². The molecule has 0 bridgehead atoms. The predicted octanol–water partition coefficient (Wildman–Crippen LogP) is 5.18. The Morgan fingerprint density at radius 2 is 1.61 bits per heavy atom. The summed E-state index contributed by atoms with van der Waals surface area (Å²) in [5, 5.41) is 24.9. The summed E-state index contributed by atoms with van der Waals surface area (Å²) in [6.07, 6.45) is 0.538. The molecule has 2 heterocycles. The van der Waals surface area contributed by atoms with E-state index in [-0.39, 0.29) is 5.69 Å². The number of carbonyl (C=O) groups is 1. The highest BCUT2D eigenvalue weighted by Crippen LogP contribution is 2.35. The first-order chi connectivity index (χ1) is 18.5. The number of aliphatic hydroxyl groups is 1. The first-order valence-corrected chi connectivity index (χ1v) is 12.4. The molecule has 0 radical (unpaired) electrons. The quantitative estimate of drug-likeness (QED) is 0.277. The Labute approximate surface area is 220 Å². The van der Waals surface area contributed by atoms with Gasteiger partial charge in [-0.15, -0.1) is 10.2 Å². The maximum Gasteiger partial charge on any atom is 0.357 e. The van der Waals surface area contributed by atoms with Crippen molar-refractivity contribution < 1.29 is 14.6 Å². The predicted molar refractivity (Wildman–Crippen MR) is 144 cm³/mol. The van der Waals surface area contributed by atoms with Crippen LogP contribution in [0.2, 0.25) is 0 Å². The molecule has 5 rings (SSSR count). The average molecular weight is 509 g/mol. The lowest BCUT2D eigenvalue weighted by molar-refractivity contribution is 0.0584. The van der Waals surface area contributed by atoms with E-state index in [0.717, 1.165) is 39.9 Å². The van der Waals surface area contributed by atoms with Crippen LogP contribution in [0, 0.1) is 0 Å². The Kier molecular flexibility index (Phi) is 7.10. The summed E-state index contributed by atoms with van der Waals surface area (Å²) < 4.78 is 6.93. The van der Waals surface area contributed by atoms with Gasteiger partial charge in [0, 0.05) is 17.5 Å². The number of hydrogen-bond donors (Lipinski definition) is 2. The van der Waals surface area contributed by atoms with Crippen LogP contribution >= 0.6 is 0 Å². The molecule has 0 fully saturated rings. The van der Waals surface area contributed by atoms with Crippen molar-refractivity contribution in [3.63, 3.8) is 0 Å². The van der Waals surface area contributed by atoms with Crippen molar-refractivity contribution in [2.24, 2.45) is 0 Å². The summed E-state index contributed by atoms with van der Waals surface area (Å²) in [5.74, 6) is 0.684. The number of aliphatic hydroxyl groups excluding tert-OH is 1. The Hall–Kier alpha value is -4.63. The molecular weight excluding hydrogens is 480 g/mol. The van der Waals surface area contributed by atoms with Crippen molar-refractivity contribution in [2.75, 3.05) is 7.11 Å². The van der Waals surface area contributed by atoms with Gasteiger partial charge in [-0.25, -0.2) is 9.78 Å². The zero-order valence-corrected chi connectivity index (χ0v) is 21.4. The molecule has 5 aromatic rings. The van der Waals surface area contributed by atoms with Gasteiger partial charge < -0.3 is 9.84 Å². The molecule has 2 N–H and O–H groups in total. The van der Waals surface area contributed by atoms with Crippen LogP contribution in [-0.4, -0.2) is 48.4 Å². The highest BCUT2D eigenvalue weighted by atomic mass is 16.5. The van der Waals surface area contributed by atoms with Crippen LogP contribution in [0.25, 0.3) is 39.3 Å². The van der Waals surface area contributed by atoms with E-state index < -0.39 is 12.1 Å². The van der Waals surface area contributed by atoms with E-state index in [1.54, 1.807) is 6.92 Å². The summed E-state index contributed by atoms with van der Waals surface area (Å²) in [7, 11) is 1.34. The van der Waals surface area contributed by atoms with Crippen molar-refractivity contribution in [3.8, 4) is 39.3 Å². The highest BCUT2D eigenvalue weighted by molar-refractivity contribution is 5.91. The third kappa shape index (κ3) is 4.59. The fraction of sp³-hybridized carbons (Fsp3) is 0.207. The molecule has 38 heavy (non-hydrogen) atoms. The molecular formula is C29H28N6O3. The van der Waals surface area contributed by atoms with E-state index in [4.69, 9.17) is 4.74 Å². The van der Waals surface area contributed by atoms with Crippen LogP contribution in [0.5, 0.6) is 0 Å². The number of hydrogen-bond acceptors (Lipinski definition) is 7. The van der Waals surface area contributed by atoms with Crippen LogP contribution in [0.3, 0.4) is 0 Å². The van der Waals surface area contributed by atoms with E-state index in [2.05, 4.69) is 32.5 Å². The number of ether oxygens (including phenoxy) is 1. The fourth-order valence-electron chi connectivity index (χ4n) is 4.67. The average Bonchev–Trinajstić information content (AvgIpc) is 3.62. The second-order valence-electron chi connectivity index (χ2n) is 8.89. The Bertz CT molecular complexity index is 1560. The molecule has 1 atom stereocenters. The molecule has 0 aliphatic rings. The minimum atomic E-state index is -0.924. The number of esters is 1. The number of methoxy groups -OCH3 is 1. The lowest BCUT2D eigenvalue weighted by atomic mass is 9.96. The molecule has 0 saturated heterocycles. The van der Waals surface area contributed by atoms with Gasteiger partial charge in [0.25, 0.3) is 0 Å². The number of aryl methyl sites for hydroxylation is 1. The summed E-state index contributed by atoms with van der Waals surface area (Å²) >= 11 is 0. The Morgan fingerprint density at radius 1 is 0.974 bits per heavy atom. The number of aromatic nitrogens is 6. The molecule has 0 amide bonds. The number of nitrogens with one attached hydrogen (secondary N) is 1.